The Labute approximate surface area is 153 Å². The van der Waals surface area contributed by atoms with E-state index in [0.29, 0.717) is 0 Å². The van der Waals surface area contributed by atoms with E-state index in [2.05, 4.69) is 5.32 Å². The zero-order chi connectivity index (χ0) is 18.3. The normalized spacial score (nSPS) is 27.8. The van der Waals surface area contributed by atoms with E-state index >= 15 is 0 Å². The van der Waals surface area contributed by atoms with Crippen LogP contribution in [0.1, 0.15) is 55.7 Å². The molecule has 3 N–H and O–H groups in total. The molecule has 2 aliphatic carbocycles. The van der Waals surface area contributed by atoms with Crippen molar-refractivity contribution >= 4 is 23.4 Å². The molecule has 0 spiro atoms. The third-order valence-corrected chi connectivity index (χ3v) is 6.05. The lowest BCUT2D eigenvalue weighted by Gasteiger charge is -2.27. The monoisotopic (exact) mass is 355 g/mol. The van der Waals surface area contributed by atoms with E-state index in [1.54, 1.807) is 0 Å². The molecule has 4 rings (SSSR count). The first kappa shape index (κ1) is 17.1. The first-order valence-electron chi connectivity index (χ1n) is 9.57. The summed E-state index contributed by atoms with van der Waals surface area (Å²) < 4.78 is 0. The van der Waals surface area contributed by atoms with Crippen LogP contribution in [-0.4, -0.2) is 29.2 Å². The maximum Gasteiger partial charge on any atom is 0.240 e. The SMILES string of the molecule is Nc1ccc2c(c1)CCCC2NC(=O)CN1C(=O)C2CCCCC2C1=O. The van der Waals surface area contributed by atoms with Crippen LogP contribution in [0, 0.1) is 11.8 Å². The Morgan fingerprint density at radius 2 is 1.77 bits per heavy atom. The largest absolute Gasteiger partial charge is 0.399 e. The molecule has 3 amide bonds. The number of hydrogen-bond donors (Lipinski definition) is 2. The maximum absolute atomic E-state index is 12.6. The minimum atomic E-state index is -0.264. The summed E-state index contributed by atoms with van der Waals surface area (Å²) >= 11 is 0. The number of fused-ring (bicyclic) bond motifs is 2. The second-order valence-electron chi connectivity index (χ2n) is 7.73. The van der Waals surface area contributed by atoms with Crippen LogP contribution in [0.25, 0.3) is 0 Å². The fourth-order valence-electron chi connectivity index (χ4n) is 4.75. The third-order valence-electron chi connectivity index (χ3n) is 6.05. The van der Waals surface area contributed by atoms with Gasteiger partial charge >= 0.3 is 0 Å². The number of imide groups is 1. The lowest BCUT2D eigenvalue weighted by atomic mass is 9.81. The summed E-state index contributed by atoms with van der Waals surface area (Å²) in [6.45, 7) is -0.161. The van der Waals surface area contributed by atoms with Crippen molar-refractivity contribution in [3.63, 3.8) is 0 Å². The number of carbonyl (C=O) groups excluding carboxylic acids is 3. The molecule has 1 saturated heterocycles. The van der Waals surface area contributed by atoms with E-state index < -0.39 is 0 Å². The van der Waals surface area contributed by atoms with Crippen molar-refractivity contribution in [2.24, 2.45) is 11.8 Å². The van der Waals surface area contributed by atoms with Crippen molar-refractivity contribution in [3.05, 3.63) is 29.3 Å². The molecule has 1 saturated carbocycles. The number of anilines is 1. The number of nitrogens with zero attached hydrogens (tertiary/aromatic N) is 1. The number of nitrogen functional groups attached to an aromatic ring is 1. The highest BCUT2D eigenvalue weighted by Crippen LogP contribution is 2.38. The number of nitrogens with one attached hydrogen (secondary N) is 1. The molecule has 1 aromatic carbocycles. The van der Waals surface area contributed by atoms with Gasteiger partial charge in [0, 0.05) is 5.69 Å². The van der Waals surface area contributed by atoms with Crippen LogP contribution in [0.3, 0.4) is 0 Å². The number of rotatable bonds is 3. The fraction of sp³-hybridized carbons (Fsp3) is 0.550. The molecular formula is C20H25N3O3. The third kappa shape index (κ3) is 2.97. The molecule has 138 valence electrons. The first-order chi connectivity index (χ1) is 12.5. The van der Waals surface area contributed by atoms with Gasteiger partial charge in [-0.3, -0.25) is 19.3 Å². The van der Waals surface area contributed by atoms with Crippen molar-refractivity contribution in [1.82, 2.24) is 10.2 Å². The number of aryl methyl sites for hydroxylation is 1. The van der Waals surface area contributed by atoms with Gasteiger partial charge < -0.3 is 11.1 Å². The maximum atomic E-state index is 12.6. The second kappa shape index (κ2) is 6.74. The van der Waals surface area contributed by atoms with Crippen LogP contribution in [0.4, 0.5) is 5.69 Å². The molecule has 3 atom stereocenters. The van der Waals surface area contributed by atoms with Gasteiger partial charge in [0.2, 0.25) is 17.7 Å². The zero-order valence-electron chi connectivity index (χ0n) is 14.9. The Morgan fingerprint density at radius 3 is 2.46 bits per heavy atom. The van der Waals surface area contributed by atoms with Gasteiger partial charge in [-0.25, -0.2) is 0 Å². The van der Waals surface area contributed by atoms with E-state index in [9.17, 15) is 14.4 Å². The van der Waals surface area contributed by atoms with Crippen LogP contribution in [0.5, 0.6) is 0 Å². The van der Waals surface area contributed by atoms with E-state index in [1.807, 2.05) is 18.2 Å². The molecule has 2 fully saturated rings. The average molecular weight is 355 g/mol. The van der Waals surface area contributed by atoms with Crippen LogP contribution >= 0.6 is 0 Å². The van der Waals surface area contributed by atoms with Gasteiger partial charge in [-0.15, -0.1) is 0 Å². The second-order valence-corrected chi connectivity index (χ2v) is 7.73. The van der Waals surface area contributed by atoms with Crippen LogP contribution in [0.2, 0.25) is 0 Å². The van der Waals surface area contributed by atoms with E-state index in [4.69, 9.17) is 5.73 Å². The molecule has 3 unspecified atom stereocenters. The highest BCUT2D eigenvalue weighted by molar-refractivity contribution is 6.07. The van der Waals surface area contributed by atoms with Gasteiger partial charge in [0.15, 0.2) is 0 Å². The average Bonchev–Trinajstić information content (AvgIpc) is 2.87. The summed E-state index contributed by atoms with van der Waals surface area (Å²) in [5.74, 6) is -0.997. The zero-order valence-corrected chi connectivity index (χ0v) is 14.9. The number of benzene rings is 1. The van der Waals surface area contributed by atoms with Gasteiger partial charge in [-0.05, 0) is 55.4 Å². The van der Waals surface area contributed by atoms with Crippen molar-refractivity contribution in [2.75, 3.05) is 12.3 Å². The number of likely N-dealkylation sites (tertiary alicyclic amines) is 1. The van der Waals surface area contributed by atoms with Gasteiger partial charge in [-0.2, -0.15) is 0 Å². The molecule has 1 aliphatic heterocycles. The summed E-state index contributed by atoms with van der Waals surface area (Å²) in [5, 5.41) is 3.02. The van der Waals surface area contributed by atoms with Crippen molar-refractivity contribution < 1.29 is 14.4 Å². The smallest absolute Gasteiger partial charge is 0.240 e. The minimum Gasteiger partial charge on any atom is -0.399 e. The predicted octanol–water partition coefficient (Wildman–Crippen LogP) is 1.94. The highest BCUT2D eigenvalue weighted by Gasteiger charge is 2.48. The summed E-state index contributed by atoms with van der Waals surface area (Å²) in [6, 6.07) is 5.70. The van der Waals surface area contributed by atoms with Crippen LogP contribution < -0.4 is 11.1 Å². The summed E-state index contributed by atoms with van der Waals surface area (Å²) in [6.07, 6.45) is 6.31. The van der Waals surface area contributed by atoms with Gasteiger partial charge in [0.1, 0.15) is 6.54 Å². The first-order valence-corrected chi connectivity index (χ1v) is 9.57. The number of nitrogens with two attached hydrogens (primary N) is 1. The van der Waals surface area contributed by atoms with Gasteiger partial charge in [0.05, 0.1) is 17.9 Å². The van der Waals surface area contributed by atoms with Crippen LogP contribution in [0.15, 0.2) is 18.2 Å². The molecule has 0 radical (unpaired) electrons. The summed E-state index contributed by atoms with van der Waals surface area (Å²) in [5.41, 5.74) is 8.84. The number of carbonyl (C=O) groups is 3. The highest BCUT2D eigenvalue weighted by atomic mass is 16.2. The van der Waals surface area contributed by atoms with E-state index in [1.165, 1.54) is 10.5 Å². The fourth-order valence-corrected chi connectivity index (χ4v) is 4.75. The molecule has 3 aliphatic rings. The van der Waals surface area contributed by atoms with Gasteiger partial charge in [-0.1, -0.05) is 18.9 Å². The molecule has 26 heavy (non-hydrogen) atoms. The predicted molar refractivity (Wildman–Crippen MR) is 96.8 cm³/mol. The summed E-state index contributed by atoms with van der Waals surface area (Å²) in [7, 11) is 0. The quantitative estimate of drug-likeness (QED) is 0.640. The summed E-state index contributed by atoms with van der Waals surface area (Å²) in [4.78, 5) is 38.8. The molecule has 6 heteroatoms. The van der Waals surface area contributed by atoms with Crippen molar-refractivity contribution in [3.8, 4) is 0 Å². The van der Waals surface area contributed by atoms with Crippen molar-refractivity contribution in [2.45, 2.75) is 51.0 Å². The number of hydrogen-bond acceptors (Lipinski definition) is 4. The van der Waals surface area contributed by atoms with Crippen LogP contribution in [-0.2, 0) is 20.8 Å². The molecule has 1 aromatic rings. The van der Waals surface area contributed by atoms with E-state index in [0.717, 1.165) is 56.2 Å². The Morgan fingerprint density at radius 1 is 1.08 bits per heavy atom. The molecule has 0 bridgehead atoms. The molecule has 1 heterocycles. The van der Waals surface area contributed by atoms with E-state index in [-0.39, 0.29) is 42.1 Å². The lowest BCUT2D eigenvalue weighted by Crippen LogP contribution is -2.42. The Hall–Kier alpha value is -2.37. The number of amides is 3. The standard InChI is InChI=1S/C20H25N3O3/c21-13-8-9-14-12(10-13)4-3-7-17(14)22-18(24)11-23-19(25)15-5-1-2-6-16(15)20(23)26/h8-10,15-17H,1-7,11,21H2,(H,22,24). The Kier molecular flexibility index (Phi) is 4.42. The van der Waals surface area contributed by atoms with Crippen molar-refractivity contribution in [1.29, 1.82) is 0 Å². The Balaban J connectivity index is 1.44. The Bertz CT molecular complexity index is 737. The molecule has 0 aromatic heterocycles. The van der Waals surface area contributed by atoms with Gasteiger partial charge in [0.25, 0.3) is 0 Å². The minimum absolute atomic E-state index is 0.0815. The topological polar surface area (TPSA) is 92.5 Å². The molecular weight excluding hydrogens is 330 g/mol. The lowest BCUT2D eigenvalue weighted by molar-refractivity contribution is -0.143. The molecule has 6 nitrogen and oxygen atoms in total.